The Kier molecular flexibility index (Phi) is 6.43. The quantitative estimate of drug-likeness (QED) is 0.316. The summed E-state index contributed by atoms with van der Waals surface area (Å²) in [6, 6.07) is 2.78. The second-order valence-corrected chi connectivity index (χ2v) is 4.02. The number of nitrogens with one attached hydrogen (secondary N) is 1. The van der Waals surface area contributed by atoms with Crippen LogP contribution in [-0.2, 0) is 0 Å². The van der Waals surface area contributed by atoms with Crippen LogP contribution in [0.15, 0.2) is 31.0 Å². The van der Waals surface area contributed by atoms with Gasteiger partial charge in [0.25, 0.3) is 0 Å². The molecule has 0 fully saturated rings. The summed E-state index contributed by atoms with van der Waals surface area (Å²) in [4.78, 5) is 4.03. The predicted molar refractivity (Wildman–Crippen MR) is 67.5 cm³/mol. The maximum Gasteiger partial charge on any atom is 0.146 e. The second kappa shape index (κ2) is 7.92. The first-order chi connectivity index (χ1) is 8.29. The Hall–Kier alpha value is -1.26. The Morgan fingerprint density at radius 2 is 2.29 bits per heavy atom. The van der Waals surface area contributed by atoms with Gasteiger partial charge in [0.2, 0.25) is 0 Å². The molecule has 0 saturated carbocycles. The van der Waals surface area contributed by atoms with Gasteiger partial charge in [-0.1, -0.05) is 18.9 Å². The van der Waals surface area contributed by atoms with Crippen molar-refractivity contribution in [1.82, 2.24) is 10.4 Å². The first kappa shape index (κ1) is 13.8. The van der Waals surface area contributed by atoms with Crippen LogP contribution < -0.4 is 11.3 Å². The zero-order chi connectivity index (χ0) is 12.5. The molecule has 0 saturated heterocycles. The van der Waals surface area contributed by atoms with E-state index in [4.69, 9.17) is 5.84 Å². The van der Waals surface area contributed by atoms with E-state index in [-0.39, 0.29) is 11.9 Å². The molecule has 1 aromatic heterocycles. The molecule has 3 N–H and O–H groups in total. The van der Waals surface area contributed by atoms with Gasteiger partial charge in [-0.25, -0.2) is 4.39 Å². The van der Waals surface area contributed by atoms with E-state index in [1.54, 1.807) is 12.3 Å². The number of halogens is 1. The first-order valence-electron chi connectivity index (χ1n) is 5.97. The Morgan fingerprint density at radius 3 is 2.94 bits per heavy atom. The van der Waals surface area contributed by atoms with E-state index in [0.29, 0.717) is 5.69 Å². The van der Waals surface area contributed by atoms with Crippen molar-refractivity contribution in [2.75, 3.05) is 0 Å². The monoisotopic (exact) mass is 237 g/mol. The van der Waals surface area contributed by atoms with Gasteiger partial charge in [0.1, 0.15) is 5.82 Å². The molecule has 3 nitrogen and oxygen atoms in total. The molecule has 94 valence electrons. The molecule has 17 heavy (non-hydrogen) atoms. The largest absolute Gasteiger partial charge is 0.271 e. The van der Waals surface area contributed by atoms with Crippen LogP contribution in [0.1, 0.15) is 43.8 Å². The molecule has 1 aromatic rings. The van der Waals surface area contributed by atoms with Crippen LogP contribution in [0.5, 0.6) is 0 Å². The van der Waals surface area contributed by atoms with Crippen molar-refractivity contribution in [2.45, 2.75) is 38.1 Å². The third-order valence-corrected chi connectivity index (χ3v) is 2.72. The SMILES string of the molecule is C=CCCCCCC(NN)c1ncccc1F. The molecule has 0 aliphatic rings. The molecule has 0 aliphatic carbocycles. The summed E-state index contributed by atoms with van der Waals surface area (Å²) in [7, 11) is 0. The van der Waals surface area contributed by atoms with Crippen molar-refractivity contribution in [1.29, 1.82) is 0 Å². The number of nitrogens with zero attached hydrogens (tertiary/aromatic N) is 1. The van der Waals surface area contributed by atoms with Gasteiger partial charge in [0.15, 0.2) is 0 Å². The van der Waals surface area contributed by atoms with Gasteiger partial charge in [-0.3, -0.25) is 16.3 Å². The van der Waals surface area contributed by atoms with Gasteiger partial charge < -0.3 is 0 Å². The maximum absolute atomic E-state index is 13.5. The van der Waals surface area contributed by atoms with Crippen LogP contribution in [0.25, 0.3) is 0 Å². The Bertz CT molecular complexity index is 341. The summed E-state index contributed by atoms with van der Waals surface area (Å²) in [6.07, 6.45) is 8.53. The third-order valence-electron chi connectivity index (χ3n) is 2.72. The topological polar surface area (TPSA) is 50.9 Å². The molecule has 1 rings (SSSR count). The van der Waals surface area contributed by atoms with E-state index in [1.165, 1.54) is 6.07 Å². The highest BCUT2D eigenvalue weighted by Gasteiger charge is 2.14. The van der Waals surface area contributed by atoms with Gasteiger partial charge in [0.05, 0.1) is 11.7 Å². The zero-order valence-corrected chi connectivity index (χ0v) is 10.0. The summed E-state index contributed by atoms with van der Waals surface area (Å²) in [5.74, 6) is 5.14. The summed E-state index contributed by atoms with van der Waals surface area (Å²) < 4.78 is 13.5. The van der Waals surface area contributed by atoms with Crippen LogP contribution >= 0.6 is 0 Å². The van der Waals surface area contributed by atoms with E-state index in [9.17, 15) is 4.39 Å². The van der Waals surface area contributed by atoms with Crippen molar-refractivity contribution in [3.63, 3.8) is 0 Å². The smallest absolute Gasteiger partial charge is 0.146 e. The van der Waals surface area contributed by atoms with Gasteiger partial charge >= 0.3 is 0 Å². The molecule has 1 unspecified atom stereocenters. The predicted octanol–water partition coefficient (Wildman–Crippen LogP) is 2.86. The molecule has 1 atom stereocenters. The van der Waals surface area contributed by atoms with Gasteiger partial charge in [-0.15, -0.1) is 6.58 Å². The summed E-state index contributed by atoms with van der Waals surface area (Å²) in [5, 5.41) is 0. The molecule has 4 heteroatoms. The number of hydrogen-bond acceptors (Lipinski definition) is 3. The number of pyridine rings is 1. The number of nitrogens with two attached hydrogens (primary N) is 1. The molecule has 1 heterocycles. The number of aromatic nitrogens is 1. The number of unbranched alkanes of at least 4 members (excludes halogenated alkanes) is 3. The average molecular weight is 237 g/mol. The number of rotatable bonds is 8. The Balaban J connectivity index is 2.43. The lowest BCUT2D eigenvalue weighted by Gasteiger charge is -2.15. The van der Waals surface area contributed by atoms with Crippen LogP contribution in [-0.4, -0.2) is 4.98 Å². The highest BCUT2D eigenvalue weighted by atomic mass is 19.1. The standard InChI is InChI=1S/C13H20FN3/c1-2-3-4-5-6-9-12(17-15)13-11(14)8-7-10-16-13/h2,7-8,10,12,17H,1,3-6,9,15H2. The summed E-state index contributed by atoms with van der Waals surface area (Å²) >= 11 is 0. The van der Waals surface area contributed by atoms with Gasteiger partial charge in [-0.05, 0) is 31.4 Å². The molecule has 0 aliphatic heterocycles. The molecule has 0 aromatic carbocycles. The Labute approximate surface area is 102 Å². The van der Waals surface area contributed by atoms with E-state index in [0.717, 1.165) is 32.1 Å². The van der Waals surface area contributed by atoms with E-state index >= 15 is 0 Å². The van der Waals surface area contributed by atoms with Crippen molar-refractivity contribution >= 4 is 0 Å². The lowest BCUT2D eigenvalue weighted by molar-refractivity contribution is 0.450. The molecule has 0 spiro atoms. The number of allylic oxidation sites excluding steroid dienone is 1. The summed E-state index contributed by atoms with van der Waals surface area (Å²) in [5.41, 5.74) is 3.03. The fraction of sp³-hybridized carbons (Fsp3) is 0.462. The summed E-state index contributed by atoms with van der Waals surface area (Å²) in [6.45, 7) is 3.68. The van der Waals surface area contributed by atoms with Gasteiger partial charge in [0, 0.05) is 6.20 Å². The van der Waals surface area contributed by atoms with Crippen molar-refractivity contribution < 1.29 is 4.39 Å². The minimum absolute atomic E-state index is 0.208. The third kappa shape index (κ3) is 4.63. The molecular weight excluding hydrogens is 217 g/mol. The van der Waals surface area contributed by atoms with Crippen molar-refractivity contribution in [3.05, 3.63) is 42.5 Å². The lowest BCUT2D eigenvalue weighted by atomic mass is 10.0. The highest BCUT2D eigenvalue weighted by Crippen LogP contribution is 2.19. The van der Waals surface area contributed by atoms with Crippen LogP contribution in [0.3, 0.4) is 0 Å². The number of hydrazine groups is 1. The average Bonchev–Trinajstić information content (AvgIpc) is 2.35. The fourth-order valence-corrected chi connectivity index (χ4v) is 1.77. The zero-order valence-electron chi connectivity index (χ0n) is 10.0. The van der Waals surface area contributed by atoms with Crippen molar-refractivity contribution in [3.8, 4) is 0 Å². The van der Waals surface area contributed by atoms with Gasteiger partial charge in [-0.2, -0.15) is 0 Å². The minimum Gasteiger partial charge on any atom is -0.271 e. The number of hydrogen-bond donors (Lipinski definition) is 2. The van der Waals surface area contributed by atoms with Crippen LogP contribution in [0.4, 0.5) is 4.39 Å². The molecular formula is C13H20FN3. The lowest BCUT2D eigenvalue weighted by Crippen LogP contribution is -2.29. The van der Waals surface area contributed by atoms with E-state index < -0.39 is 0 Å². The van der Waals surface area contributed by atoms with Crippen LogP contribution in [0.2, 0.25) is 0 Å². The van der Waals surface area contributed by atoms with Crippen LogP contribution in [0, 0.1) is 5.82 Å². The second-order valence-electron chi connectivity index (χ2n) is 4.02. The molecule has 0 amide bonds. The fourth-order valence-electron chi connectivity index (χ4n) is 1.77. The van der Waals surface area contributed by atoms with Crippen molar-refractivity contribution in [2.24, 2.45) is 5.84 Å². The minimum atomic E-state index is -0.304. The molecule has 0 bridgehead atoms. The maximum atomic E-state index is 13.5. The Morgan fingerprint density at radius 1 is 1.47 bits per heavy atom. The first-order valence-corrected chi connectivity index (χ1v) is 5.97. The highest BCUT2D eigenvalue weighted by molar-refractivity contribution is 5.11. The molecule has 0 radical (unpaired) electrons. The normalized spacial score (nSPS) is 12.4. The van der Waals surface area contributed by atoms with E-state index in [1.807, 2.05) is 6.08 Å². The van der Waals surface area contributed by atoms with E-state index in [2.05, 4.69) is 17.0 Å².